The molecule has 1 rings (SSSR count). The van der Waals surface area contributed by atoms with Gasteiger partial charge in [0.2, 0.25) is 0 Å². The molecule has 0 aliphatic rings. The molecule has 0 N–H and O–H groups in total. The fourth-order valence-corrected chi connectivity index (χ4v) is 1.52. The predicted octanol–water partition coefficient (Wildman–Crippen LogP) is 3.10. The molecule has 0 aliphatic carbocycles. The quantitative estimate of drug-likeness (QED) is 0.549. The van der Waals surface area contributed by atoms with Crippen molar-refractivity contribution >= 4 is 5.97 Å². The van der Waals surface area contributed by atoms with E-state index in [9.17, 15) is 4.79 Å². The van der Waals surface area contributed by atoms with Crippen LogP contribution in [0.4, 0.5) is 0 Å². The van der Waals surface area contributed by atoms with E-state index in [1.165, 1.54) is 7.11 Å². The van der Waals surface area contributed by atoms with Gasteiger partial charge in [0, 0.05) is 5.57 Å². The van der Waals surface area contributed by atoms with Gasteiger partial charge in [-0.1, -0.05) is 36.9 Å². The fourth-order valence-electron chi connectivity index (χ4n) is 1.52. The van der Waals surface area contributed by atoms with E-state index >= 15 is 0 Å². The van der Waals surface area contributed by atoms with Crippen LogP contribution in [0.1, 0.15) is 25.3 Å². The number of esters is 1. The molecular formula is C15H20O3. The van der Waals surface area contributed by atoms with Crippen molar-refractivity contribution < 1.29 is 14.3 Å². The van der Waals surface area contributed by atoms with Crippen molar-refractivity contribution in [1.82, 2.24) is 0 Å². The van der Waals surface area contributed by atoms with Crippen LogP contribution in [0.5, 0.6) is 0 Å². The van der Waals surface area contributed by atoms with E-state index in [4.69, 9.17) is 4.74 Å². The number of hydrogen-bond acceptors (Lipinski definition) is 3. The fraction of sp³-hybridized carbons (Fsp3) is 0.400. The Kier molecular flexibility index (Phi) is 6.15. The molecule has 1 aromatic carbocycles. The van der Waals surface area contributed by atoms with E-state index in [0.717, 1.165) is 12.0 Å². The molecule has 0 aromatic heterocycles. The molecule has 18 heavy (non-hydrogen) atoms. The molecule has 0 heterocycles. The summed E-state index contributed by atoms with van der Waals surface area (Å²) < 4.78 is 10.3. The minimum atomic E-state index is -0.342. The van der Waals surface area contributed by atoms with Crippen LogP contribution in [0.25, 0.3) is 0 Å². The Hall–Kier alpha value is -1.61. The van der Waals surface area contributed by atoms with Crippen LogP contribution in [-0.4, -0.2) is 19.2 Å². The summed E-state index contributed by atoms with van der Waals surface area (Å²) in [5, 5.41) is 0. The summed E-state index contributed by atoms with van der Waals surface area (Å²) in [6.07, 6.45) is 1.45. The van der Waals surface area contributed by atoms with Crippen molar-refractivity contribution in [2.24, 2.45) is 0 Å². The monoisotopic (exact) mass is 248 g/mol. The Bertz CT molecular complexity index is 384. The van der Waals surface area contributed by atoms with E-state index < -0.39 is 0 Å². The summed E-state index contributed by atoms with van der Waals surface area (Å²) in [6, 6.07) is 10.0. The largest absolute Gasteiger partial charge is 0.466 e. The van der Waals surface area contributed by atoms with Crippen LogP contribution in [0.3, 0.4) is 0 Å². The molecule has 0 aliphatic heterocycles. The van der Waals surface area contributed by atoms with Crippen molar-refractivity contribution in [2.75, 3.05) is 7.11 Å². The molecule has 0 bridgehead atoms. The molecule has 3 nitrogen and oxygen atoms in total. The number of ether oxygens (including phenoxy) is 2. The van der Waals surface area contributed by atoms with Crippen LogP contribution >= 0.6 is 0 Å². The lowest BCUT2D eigenvalue weighted by molar-refractivity contribution is -0.136. The Labute approximate surface area is 108 Å². The maximum absolute atomic E-state index is 11.1. The second kappa shape index (κ2) is 7.67. The molecular weight excluding hydrogens is 228 g/mol. The van der Waals surface area contributed by atoms with Crippen LogP contribution in [0.15, 0.2) is 42.5 Å². The standard InChI is InChI=1S/C15H20O3/c1-12(15(16)17-3)9-10-13(2)18-11-14-7-5-4-6-8-14/h4-8,13H,1,9-11H2,2-3H3. The van der Waals surface area contributed by atoms with Gasteiger partial charge in [0.05, 0.1) is 19.8 Å². The smallest absolute Gasteiger partial charge is 0.333 e. The summed E-state index contributed by atoms with van der Waals surface area (Å²) >= 11 is 0. The minimum Gasteiger partial charge on any atom is -0.466 e. The number of hydrogen-bond donors (Lipinski definition) is 0. The third-order valence-corrected chi connectivity index (χ3v) is 2.70. The van der Waals surface area contributed by atoms with Gasteiger partial charge in [0.15, 0.2) is 0 Å². The van der Waals surface area contributed by atoms with Crippen LogP contribution in [0, 0.1) is 0 Å². The van der Waals surface area contributed by atoms with E-state index in [1.807, 2.05) is 37.3 Å². The summed E-state index contributed by atoms with van der Waals surface area (Å²) in [4.78, 5) is 11.1. The number of carbonyl (C=O) groups excluding carboxylic acids is 1. The van der Waals surface area contributed by atoms with E-state index in [0.29, 0.717) is 18.6 Å². The summed E-state index contributed by atoms with van der Waals surface area (Å²) in [5.74, 6) is -0.342. The highest BCUT2D eigenvalue weighted by Crippen LogP contribution is 2.11. The van der Waals surface area contributed by atoms with Crippen LogP contribution in [-0.2, 0) is 20.9 Å². The van der Waals surface area contributed by atoms with Crippen molar-refractivity contribution in [3.05, 3.63) is 48.0 Å². The second-order valence-corrected chi connectivity index (χ2v) is 4.24. The van der Waals surface area contributed by atoms with Gasteiger partial charge in [-0.3, -0.25) is 0 Å². The highest BCUT2D eigenvalue weighted by atomic mass is 16.5. The lowest BCUT2D eigenvalue weighted by Crippen LogP contribution is -2.11. The number of methoxy groups -OCH3 is 1. The SMILES string of the molecule is C=C(CCC(C)OCc1ccccc1)C(=O)OC. The Morgan fingerprint density at radius 3 is 2.61 bits per heavy atom. The lowest BCUT2D eigenvalue weighted by Gasteiger charge is -2.13. The highest BCUT2D eigenvalue weighted by Gasteiger charge is 2.09. The first-order valence-electron chi connectivity index (χ1n) is 6.05. The first-order valence-corrected chi connectivity index (χ1v) is 6.05. The van der Waals surface area contributed by atoms with E-state index in [-0.39, 0.29) is 12.1 Å². The molecule has 0 fully saturated rings. The van der Waals surface area contributed by atoms with Gasteiger partial charge in [-0.2, -0.15) is 0 Å². The first-order chi connectivity index (χ1) is 8.63. The molecule has 1 aromatic rings. The summed E-state index contributed by atoms with van der Waals surface area (Å²) in [7, 11) is 1.36. The van der Waals surface area contributed by atoms with Gasteiger partial charge in [0.1, 0.15) is 0 Å². The average molecular weight is 248 g/mol. The Morgan fingerprint density at radius 1 is 1.33 bits per heavy atom. The molecule has 0 amide bonds. The molecule has 0 saturated heterocycles. The molecule has 98 valence electrons. The van der Waals surface area contributed by atoms with Gasteiger partial charge >= 0.3 is 5.97 Å². The van der Waals surface area contributed by atoms with Crippen LogP contribution < -0.4 is 0 Å². The Morgan fingerprint density at radius 2 is 2.00 bits per heavy atom. The summed E-state index contributed by atoms with van der Waals surface area (Å²) in [5.41, 5.74) is 1.64. The molecule has 3 heteroatoms. The third-order valence-electron chi connectivity index (χ3n) is 2.70. The van der Waals surface area contributed by atoms with Gasteiger partial charge in [-0.15, -0.1) is 0 Å². The number of benzene rings is 1. The predicted molar refractivity (Wildman–Crippen MR) is 71.1 cm³/mol. The molecule has 0 saturated carbocycles. The highest BCUT2D eigenvalue weighted by molar-refractivity contribution is 5.87. The van der Waals surface area contributed by atoms with Gasteiger partial charge < -0.3 is 9.47 Å². The zero-order chi connectivity index (χ0) is 13.4. The zero-order valence-electron chi connectivity index (χ0n) is 11.0. The Balaban J connectivity index is 2.24. The van der Waals surface area contributed by atoms with Crippen molar-refractivity contribution in [3.8, 4) is 0 Å². The molecule has 1 atom stereocenters. The maximum Gasteiger partial charge on any atom is 0.333 e. The van der Waals surface area contributed by atoms with E-state index in [1.54, 1.807) is 0 Å². The first kappa shape index (κ1) is 14.5. The van der Waals surface area contributed by atoms with Gasteiger partial charge in [-0.25, -0.2) is 4.79 Å². The third kappa shape index (κ3) is 5.15. The number of rotatable bonds is 7. The average Bonchev–Trinajstić information content (AvgIpc) is 2.42. The van der Waals surface area contributed by atoms with Gasteiger partial charge in [-0.05, 0) is 25.3 Å². The molecule has 0 spiro atoms. The topological polar surface area (TPSA) is 35.5 Å². The van der Waals surface area contributed by atoms with E-state index in [2.05, 4.69) is 11.3 Å². The van der Waals surface area contributed by atoms with Crippen molar-refractivity contribution in [1.29, 1.82) is 0 Å². The summed E-state index contributed by atoms with van der Waals surface area (Å²) in [6.45, 7) is 6.27. The van der Waals surface area contributed by atoms with Crippen molar-refractivity contribution in [3.63, 3.8) is 0 Å². The zero-order valence-corrected chi connectivity index (χ0v) is 11.0. The number of carbonyl (C=O) groups is 1. The van der Waals surface area contributed by atoms with Crippen LogP contribution in [0.2, 0.25) is 0 Å². The maximum atomic E-state index is 11.1. The normalized spacial score (nSPS) is 11.9. The molecule has 0 radical (unpaired) electrons. The second-order valence-electron chi connectivity index (χ2n) is 4.24. The molecule has 1 unspecified atom stereocenters. The van der Waals surface area contributed by atoms with Crippen molar-refractivity contribution in [2.45, 2.75) is 32.5 Å². The van der Waals surface area contributed by atoms with Gasteiger partial charge in [0.25, 0.3) is 0 Å². The lowest BCUT2D eigenvalue weighted by atomic mass is 10.1. The minimum absolute atomic E-state index is 0.0895.